The normalized spacial score (nSPS) is 15.2. The van der Waals surface area contributed by atoms with Gasteiger partial charge in [-0.2, -0.15) is 0 Å². The maximum atomic E-state index is 11.6. The van der Waals surface area contributed by atoms with E-state index in [1.165, 1.54) is 12.1 Å². The Morgan fingerprint density at radius 1 is 1.35 bits per heavy atom. The molecule has 0 bridgehead atoms. The van der Waals surface area contributed by atoms with Gasteiger partial charge in [0, 0.05) is 37.6 Å². The highest BCUT2D eigenvalue weighted by Gasteiger charge is 2.21. The van der Waals surface area contributed by atoms with E-state index in [1.807, 2.05) is 11.8 Å². The predicted octanol–water partition coefficient (Wildman–Crippen LogP) is 1.61. The van der Waals surface area contributed by atoms with Gasteiger partial charge in [0.1, 0.15) is 0 Å². The van der Waals surface area contributed by atoms with E-state index in [9.17, 15) is 9.59 Å². The van der Waals surface area contributed by atoms with E-state index in [1.54, 1.807) is 6.07 Å². The quantitative estimate of drug-likeness (QED) is 0.851. The van der Waals surface area contributed by atoms with Gasteiger partial charge in [0.25, 0.3) is 0 Å². The average molecular weight is 272 g/mol. The molecule has 1 aliphatic carbocycles. The minimum atomic E-state index is -0.0853. The second-order valence-electron chi connectivity index (χ2n) is 5.15. The van der Waals surface area contributed by atoms with Gasteiger partial charge in [-0.25, -0.2) is 0 Å². The zero-order valence-electron chi connectivity index (χ0n) is 11.4. The molecule has 0 unspecified atom stereocenters. The summed E-state index contributed by atoms with van der Waals surface area (Å²) in [5, 5.41) is 4.08. The Kier molecular flexibility index (Phi) is 3.26. The van der Waals surface area contributed by atoms with Gasteiger partial charge in [-0.05, 0) is 31.0 Å². The highest BCUT2D eigenvalue weighted by molar-refractivity contribution is 5.78. The van der Waals surface area contributed by atoms with Crippen LogP contribution in [0, 0.1) is 6.92 Å². The SMILES string of the molecule is Cc1c2ccc(=O)cc-2onc1CCN1CCCC1=O. The molecule has 2 heterocycles. The van der Waals surface area contributed by atoms with Crippen LogP contribution in [0.5, 0.6) is 0 Å². The first-order valence-electron chi connectivity index (χ1n) is 6.82. The van der Waals surface area contributed by atoms with Crippen molar-refractivity contribution < 1.29 is 9.32 Å². The van der Waals surface area contributed by atoms with Crippen molar-refractivity contribution >= 4 is 5.91 Å². The van der Waals surface area contributed by atoms with E-state index in [2.05, 4.69) is 5.16 Å². The van der Waals surface area contributed by atoms with E-state index >= 15 is 0 Å². The molecule has 0 aromatic carbocycles. The molecule has 20 heavy (non-hydrogen) atoms. The molecular weight excluding hydrogens is 256 g/mol. The molecule has 3 aliphatic rings. The molecule has 104 valence electrons. The highest BCUT2D eigenvalue weighted by Crippen LogP contribution is 2.25. The standard InChI is InChI=1S/C15H16N2O3/c1-10-12-5-4-11(18)9-14(12)20-16-13(10)6-8-17-7-2-3-15(17)19/h4-5,9H,2-3,6-8H2,1H3. The lowest BCUT2D eigenvalue weighted by Gasteiger charge is -2.16. The van der Waals surface area contributed by atoms with Crippen molar-refractivity contribution in [1.82, 2.24) is 10.1 Å². The summed E-state index contributed by atoms with van der Waals surface area (Å²) in [6.07, 6.45) is 2.27. The van der Waals surface area contributed by atoms with Crippen LogP contribution in [-0.4, -0.2) is 29.1 Å². The number of aromatic nitrogens is 1. The zero-order valence-corrected chi connectivity index (χ0v) is 11.4. The van der Waals surface area contributed by atoms with Crippen LogP contribution in [0.15, 0.2) is 27.5 Å². The van der Waals surface area contributed by atoms with Crippen LogP contribution in [0.25, 0.3) is 11.3 Å². The van der Waals surface area contributed by atoms with Crippen LogP contribution in [0.3, 0.4) is 0 Å². The molecule has 1 fully saturated rings. The lowest BCUT2D eigenvalue weighted by Crippen LogP contribution is -2.27. The molecule has 3 rings (SSSR count). The summed E-state index contributed by atoms with van der Waals surface area (Å²) in [6, 6.07) is 4.74. The van der Waals surface area contributed by atoms with Gasteiger partial charge in [-0.3, -0.25) is 9.59 Å². The van der Waals surface area contributed by atoms with Gasteiger partial charge >= 0.3 is 0 Å². The Morgan fingerprint density at radius 2 is 2.20 bits per heavy atom. The molecule has 2 aliphatic heterocycles. The molecule has 0 aromatic rings. The van der Waals surface area contributed by atoms with Crippen LogP contribution in [0.2, 0.25) is 0 Å². The van der Waals surface area contributed by atoms with Crippen LogP contribution >= 0.6 is 0 Å². The van der Waals surface area contributed by atoms with Crippen LogP contribution in [0.1, 0.15) is 24.1 Å². The predicted molar refractivity (Wildman–Crippen MR) is 73.7 cm³/mol. The molecule has 0 atom stereocenters. The number of amides is 1. The first-order chi connectivity index (χ1) is 9.65. The Balaban J connectivity index is 1.84. The molecule has 5 heteroatoms. The van der Waals surface area contributed by atoms with Crippen molar-refractivity contribution in [2.45, 2.75) is 26.2 Å². The van der Waals surface area contributed by atoms with Gasteiger partial charge in [0.05, 0.1) is 5.69 Å². The number of rotatable bonds is 3. The molecule has 0 N–H and O–H groups in total. The van der Waals surface area contributed by atoms with Crippen molar-refractivity contribution in [1.29, 1.82) is 0 Å². The fourth-order valence-corrected chi connectivity index (χ4v) is 2.63. The van der Waals surface area contributed by atoms with Crippen molar-refractivity contribution in [3.8, 4) is 11.3 Å². The number of hydrogen-bond donors (Lipinski definition) is 0. The van der Waals surface area contributed by atoms with Gasteiger partial charge in [0.15, 0.2) is 11.2 Å². The summed E-state index contributed by atoms with van der Waals surface area (Å²) >= 11 is 0. The number of nitrogens with zero attached hydrogens (tertiary/aromatic N) is 2. The van der Waals surface area contributed by atoms with Crippen molar-refractivity contribution in [3.63, 3.8) is 0 Å². The largest absolute Gasteiger partial charge is 0.356 e. The Hall–Kier alpha value is -2.17. The lowest BCUT2D eigenvalue weighted by atomic mass is 10.0. The second kappa shape index (κ2) is 5.07. The smallest absolute Gasteiger partial charge is 0.222 e. The molecule has 0 spiro atoms. The molecule has 5 nitrogen and oxygen atoms in total. The number of fused-ring (bicyclic) bond motifs is 1. The number of carbonyl (C=O) groups is 1. The molecule has 1 saturated heterocycles. The minimum Gasteiger partial charge on any atom is -0.356 e. The maximum Gasteiger partial charge on any atom is 0.222 e. The van der Waals surface area contributed by atoms with Crippen molar-refractivity contribution in [2.75, 3.05) is 13.1 Å². The van der Waals surface area contributed by atoms with Crippen molar-refractivity contribution in [2.24, 2.45) is 0 Å². The molecule has 0 radical (unpaired) electrons. The Labute approximate surface area is 116 Å². The minimum absolute atomic E-state index is 0.0853. The van der Waals surface area contributed by atoms with E-state index in [-0.39, 0.29) is 11.3 Å². The van der Waals surface area contributed by atoms with E-state index in [0.29, 0.717) is 25.1 Å². The summed E-state index contributed by atoms with van der Waals surface area (Å²) < 4.78 is 5.29. The number of hydrogen-bond acceptors (Lipinski definition) is 4. The molecule has 0 saturated carbocycles. The topological polar surface area (TPSA) is 63.4 Å². The van der Waals surface area contributed by atoms with E-state index in [4.69, 9.17) is 4.52 Å². The van der Waals surface area contributed by atoms with Crippen LogP contribution in [0.4, 0.5) is 0 Å². The highest BCUT2D eigenvalue weighted by atomic mass is 16.5. The monoisotopic (exact) mass is 272 g/mol. The molecule has 1 amide bonds. The van der Waals surface area contributed by atoms with Gasteiger partial charge < -0.3 is 9.42 Å². The summed E-state index contributed by atoms with van der Waals surface area (Å²) in [5.41, 5.74) is 2.67. The third kappa shape index (κ3) is 2.31. The first kappa shape index (κ1) is 12.8. The number of likely N-dealkylation sites (tertiary alicyclic amines) is 1. The van der Waals surface area contributed by atoms with Gasteiger partial charge in [-0.15, -0.1) is 0 Å². The third-order valence-corrected chi connectivity index (χ3v) is 3.83. The lowest BCUT2D eigenvalue weighted by molar-refractivity contribution is -0.127. The zero-order chi connectivity index (χ0) is 14.1. The van der Waals surface area contributed by atoms with Gasteiger partial charge in [0.2, 0.25) is 5.91 Å². The second-order valence-corrected chi connectivity index (χ2v) is 5.15. The fourth-order valence-electron chi connectivity index (χ4n) is 2.63. The summed E-state index contributed by atoms with van der Waals surface area (Å²) in [6.45, 7) is 3.48. The fraction of sp³-hybridized carbons (Fsp3) is 0.400. The van der Waals surface area contributed by atoms with Crippen LogP contribution < -0.4 is 5.43 Å². The van der Waals surface area contributed by atoms with E-state index < -0.39 is 0 Å². The Bertz CT molecular complexity index is 677. The number of carbonyl (C=O) groups excluding carboxylic acids is 1. The van der Waals surface area contributed by atoms with Gasteiger partial charge in [-0.1, -0.05) is 5.16 Å². The molecule has 0 aromatic heterocycles. The van der Waals surface area contributed by atoms with Crippen LogP contribution in [-0.2, 0) is 11.2 Å². The van der Waals surface area contributed by atoms with E-state index in [0.717, 1.165) is 29.8 Å². The first-order valence-corrected chi connectivity index (χ1v) is 6.82. The third-order valence-electron chi connectivity index (χ3n) is 3.83. The maximum absolute atomic E-state index is 11.6. The Morgan fingerprint density at radius 3 is 2.95 bits per heavy atom. The van der Waals surface area contributed by atoms with Crippen molar-refractivity contribution in [3.05, 3.63) is 39.7 Å². The summed E-state index contributed by atoms with van der Waals surface area (Å²) in [7, 11) is 0. The summed E-state index contributed by atoms with van der Waals surface area (Å²) in [5.74, 6) is 0.729. The summed E-state index contributed by atoms with van der Waals surface area (Å²) in [4.78, 5) is 24.7. The average Bonchev–Trinajstić information content (AvgIpc) is 2.83. The molecular formula is C15H16N2O3. The number of benzene rings is 1.